The van der Waals surface area contributed by atoms with Crippen LogP contribution in [0.3, 0.4) is 0 Å². The Labute approximate surface area is 81.1 Å². The van der Waals surface area contributed by atoms with Crippen molar-refractivity contribution in [2.45, 2.75) is 17.6 Å². The molecule has 0 nitrogen and oxygen atoms in total. The van der Waals surface area contributed by atoms with Gasteiger partial charge in [-0.05, 0) is 0 Å². The molecule has 0 amide bonds. The molecule has 0 rings (SSSR count). The number of unbranched alkanes of at least 4 members (excludes halogenated alkanes) is 1. The summed E-state index contributed by atoms with van der Waals surface area (Å²) in [5.74, 6) is 0. The fourth-order valence-corrected chi connectivity index (χ4v) is 2.57. The number of rotatable bonds is 2. The minimum absolute atomic E-state index is 0.911. The van der Waals surface area contributed by atoms with Gasteiger partial charge in [0.05, 0.1) is 0 Å². The van der Waals surface area contributed by atoms with Gasteiger partial charge < -0.3 is 0 Å². The molecule has 0 aromatic carbocycles. The molecule has 5 heavy (non-hydrogen) atoms. The molecule has 0 atom stereocenters. The van der Waals surface area contributed by atoms with Crippen molar-refractivity contribution in [3.63, 3.8) is 0 Å². The Balaban J connectivity index is 2.19. The average Bonchev–Trinajstić information content (AvgIpc) is 1.41. The first kappa shape index (κ1) is 7.05. The van der Waals surface area contributed by atoms with Gasteiger partial charge in [0.1, 0.15) is 0 Å². The Bertz CT molecular complexity index is 11.1. The van der Waals surface area contributed by atoms with Crippen molar-refractivity contribution in [3.05, 3.63) is 0 Å². The van der Waals surface area contributed by atoms with Crippen LogP contribution in [-0.4, -0.2) is 65.9 Å². The van der Waals surface area contributed by atoms with E-state index in [9.17, 15) is 0 Å². The molecule has 0 saturated heterocycles. The van der Waals surface area contributed by atoms with Crippen LogP contribution >= 0.6 is 0 Å². The van der Waals surface area contributed by atoms with E-state index in [2.05, 4.69) is 6.92 Å². The molecular formula is C4H9Cs. The zero-order valence-corrected chi connectivity index (χ0v) is 10.4. The first-order chi connectivity index (χ1) is 2.41. The van der Waals surface area contributed by atoms with Crippen molar-refractivity contribution in [1.29, 1.82) is 0 Å². The summed E-state index contributed by atoms with van der Waals surface area (Å²) in [6.07, 6.45) is 2.89. The second-order valence-electron chi connectivity index (χ2n) is 1.35. The number of hydrogen-bond acceptors (Lipinski definition) is 0. The van der Waals surface area contributed by atoms with Crippen molar-refractivity contribution >= 4 is 65.9 Å². The van der Waals surface area contributed by atoms with Gasteiger partial charge in [-0.15, -0.1) is 0 Å². The second-order valence-corrected chi connectivity index (χ2v) is 4.49. The predicted molar refractivity (Wildman–Crippen MR) is 25.5 cm³/mol. The van der Waals surface area contributed by atoms with Crippen LogP contribution in [0.4, 0.5) is 0 Å². The zero-order chi connectivity index (χ0) is 4.12. The Morgan fingerprint density at radius 2 is 2.20 bits per heavy atom. The third-order valence-corrected chi connectivity index (χ3v) is 2.93. The van der Waals surface area contributed by atoms with Crippen molar-refractivity contribution in [1.82, 2.24) is 0 Å². The molecule has 0 radical (unpaired) electrons. The van der Waals surface area contributed by atoms with E-state index < -0.39 is 0 Å². The summed E-state index contributed by atoms with van der Waals surface area (Å²) in [7, 11) is 0. The molecule has 0 aliphatic carbocycles. The standard InChI is InChI=1S/C4H9.Cs/c1-3-4-2;/h1,3-4H2,2H3;. The van der Waals surface area contributed by atoms with Gasteiger partial charge in [-0.2, -0.15) is 0 Å². The molecule has 0 aliphatic rings. The van der Waals surface area contributed by atoms with Gasteiger partial charge >= 0.3 is 83.5 Å². The van der Waals surface area contributed by atoms with Crippen LogP contribution in [0.1, 0.15) is 19.8 Å². The van der Waals surface area contributed by atoms with Crippen LogP contribution in [0, 0.1) is 0 Å². The SMILES string of the molecule is CCC[CH2][Cs]. The maximum absolute atomic E-state index is 2.25. The molecule has 0 aromatic rings. The normalized spacial score (nSPS) is 8.60. The first-order valence-electron chi connectivity index (χ1n) is 2.41. The summed E-state index contributed by atoms with van der Waals surface area (Å²) in [5, 5.41) is 0. The Morgan fingerprint density at radius 3 is 2.20 bits per heavy atom. The molecule has 0 aromatic heterocycles. The fraction of sp³-hybridized carbons (Fsp3) is 1.00. The van der Waals surface area contributed by atoms with Crippen molar-refractivity contribution in [2.24, 2.45) is 0 Å². The van der Waals surface area contributed by atoms with E-state index in [0.29, 0.717) is 0 Å². The molecule has 0 spiro atoms. The van der Waals surface area contributed by atoms with Crippen LogP contribution in [0.5, 0.6) is 0 Å². The van der Waals surface area contributed by atoms with Crippen molar-refractivity contribution in [3.8, 4) is 0 Å². The van der Waals surface area contributed by atoms with E-state index in [1.807, 2.05) is 0 Å². The summed E-state index contributed by atoms with van der Waals surface area (Å²) in [4.78, 5) is 0. The van der Waals surface area contributed by atoms with Crippen LogP contribution in [0.2, 0.25) is -2.15 Å². The van der Waals surface area contributed by atoms with E-state index in [1.54, 1.807) is -2.15 Å². The fourth-order valence-electron chi connectivity index (χ4n) is 0.354. The van der Waals surface area contributed by atoms with E-state index in [4.69, 9.17) is 0 Å². The average molecular weight is 190 g/mol. The molecular weight excluding hydrogens is 181 g/mol. The predicted octanol–water partition coefficient (Wildman–Crippen LogP) is 1.37. The van der Waals surface area contributed by atoms with Gasteiger partial charge in [0.2, 0.25) is 0 Å². The molecule has 0 saturated carbocycles. The molecule has 1 heteroatoms. The molecule has 0 bridgehead atoms. The molecule has 0 fully saturated rings. The second kappa shape index (κ2) is 6.05. The summed E-state index contributed by atoms with van der Waals surface area (Å²) in [6.45, 7) is 2.25. The van der Waals surface area contributed by atoms with E-state index in [0.717, 1.165) is 65.9 Å². The zero-order valence-electron chi connectivity index (χ0n) is 4.12. The van der Waals surface area contributed by atoms with Crippen LogP contribution < -0.4 is 0 Å². The van der Waals surface area contributed by atoms with E-state index in [-0.39, 0.29) is 0 Å². The molecule has 0 unspecified atom stereocenters. The molecule has 0 heterocycles. The third-order valence-electron chi connectivity index (χ3n) is 0.707. The van der Waals surface area contributed by atoms with Gasteiger partial charge in [-0.25, -0.2) is 0 Å². The van der Waals surface area contributed by atoms with Crippen LogP contribution in [0.15, 0.2) is 0 Å². The van der Waals surface area contributed by atoms with Gasteiger partial charge in [0, 0.05) is 0 Å². The number of hydrogen-bond donors (Lipinski definition) is 0. The van der Waals surface area contributed by atoms with E-state index >= 15 is 0 Å². The Hall–Kier alpha value is 2.05. The van der Waals surface area contributed by atoms with Gasteiger partial charge in [-0.3, -0.25) is 0 Å². The molecule has 0 N–H and O–H groups in total. The quantitative estimate of drug-likeness (QED) is 0.616. The van der Waals surface area contributed by atoms with Crippen molar-refractivity contribution in [2.75, 3.05) is 0 Å². The summed E-state index contributed by atoms with van der Waals surface area (Å²) >= 11 is 0.911. The topological polar surface area (TPSA) is 0 Å². The van der Waals surface area contributed by atoms with Gasteiger partial charge in [0.15, 0.2) is 0 Å². The minimum atomic E-state index is 0.911. The molecule has 0 aliphatic heterocycles. The first-order valence-corrected chi connectivity index (χ1v) is 6.85. The Morgan fingerprint density at radius 1 is 1.60 bits per heavy atom. The van der Waals surface area contributed by atoms with Gasteiger partial charge in [0.25, 0.3) is 0 Å². The van der Waals surface area contributed by atoms with Crippen molar-refractivity contribution < 1.29 is 0 Å². The summed E-state index contributed by atoms with van der Waals surface area (Å²) < 4.78 is 1.57. The Kier molecular flexibility index (Phi) is 8.54. The van der Waals surface area contributed by atoms with E-state index in [1.165, 1.54) is 12.8 Å². The summed E-state index contributed by atoms with van der Waals surface area (Å²) in [5.41, 5.74) is 0. The van der Waals surface area contributed by atoms with Gasteiger partial charge in [-0.1, -0.05) is 0 Å². The molecule has 26 valence electrons. The third kappa shape index (κ3) is 6.05. The maximum atomic E-state index is 2.25. The summed E-state index contributed by atoms with van der Waals surface area (Å²) in [6, 6.07) is 0. The van der Waals surface area contributed by atoms with Crippen LogP contribution in [-0.2, 0) is 0 Å². The monoisotopic (exact) mass is 190 g/mol. The van der Waals surface area contributed by atoms with Crippen LogP contribution in [0.25, 0.3) is 0 Å².